The first-order chi connectivity index (χ1) is 5.24. The quantitative estimate of drug-likeness (QED) is 0.560. The fourth-order valence-corrected chi connectivity index (χ4v) is 1.47. The Bertz CT molecular complexity index is 136. The van der Waals surface area contributed by atoms with Crippen LogP contribution in [0.15, 0.2) is 0 Å². The van der Waals surface area contributed by atoms with Gasteiger partial charge in [-0.2, -0.15) is 0 Å². The Balaban J connectivity index is 2.28. The summed E-state index contributed by atoms with van der Waals surface area (Å²) in [6.07, 6.45) is 3.10. The van der Waals surface area contributed by atoms with Gasteiger partial charge in [-0.1, -0.05) is 0 Å². The van der Waals surface area contributed by atoms with Crippen LogP contribution in [-0.4, -0.2) is 55.9 Å². The average Bonchev–Trinajstić information content (AvgIpc) is 2.37. The van der Waals surface area contributed by atoms with Crippen LogP contribution in [0.1, 0.15) is 6.42 Å². The highest BCUT2D eigenvalue weighted by molar-refractivity contribution is 5.53. The third kappa shape index (κ3) is 2.27. The highest BCUT2D eigenvalue weighted by Crippen LogP contribution is 2.11. The second kappa shape index (κ2) is 3.83. The second-order valence-corrected chi connectivity index (χ2v) is 3.29. The Kier molecular flexibility index (Phi) is 3.02. The van der Waals surface area contributed by atoms with Gasteiger partial charge >= 0.3 is 0 Å². The van der Waals surface area contributed by atoms with Gasteiger partial charge in [-0.15, -0.1) is 0 Å². The van der Waals surface area contributed by atoms with Crippen LogP contribution in [0.4, 0.5) is 0 Å². The van der Waals surface area contributed by atoms with E-state index in [9.17, 15) is 4.79 Å². The molecule has 1 aliphatic rings. The molecule has 1 rings (SSSR count). The summed E-state index contributed by atoms with van der Waals surface area (Å²) in [5.41, 5.74) is 0. The van der Waals surface area contributed by atoms with Crippen LogP contribution < -0.4 is 0 Å². The third-order valence-electron chi connectivity index (χ3n) is 2.27. The molecule has 0 bridgehead atoms. The molecule has 3 heteroatoms. The Morgan fingerprint density at radius 3 is 2.82 bits per heavy atom. The molecule has 0 aromatic carbocycles. The zero-order valence-electron chi connectivity index (χ0n) is 7.21. The minimum absolute atomic E-state index is 0.477. The molecular formula is C8H15N2O. The van der Waals surface area contributed by atoms with Crippen molar-refractivity contribution in [1.82, 2.24) is 9.80 Å². The summed E-state index contributed by atoms with van der Waals surface area (Å²) < 4.78 is 0. The predicted molar refractivity (Wildman–Crippen MR) is 44.2 cm³/mol. The van der Waals surface area contributed by atoms with Gasteiger partial charge in [0, 0.05) is 19.1 Å². The van der Waals surface area contributed by atoms with Crippen LogP contribution in [-0.2, 0) is 4.79 Å². The van der Waals surface area contributed by atoms with Crippen LogP contribution in [0.3, 0.4) is 0 Å². The van der Waals surface area contributed by atoms with Gasteiger partial charge < -0.3 is 4.90 Å². The normalized spacial score (nSPS) is 26.3. The summed E-state index contributed by atoms with van der Waals surface area (Å²) in [6, 6.07) is 0.628. The van der Waals surface area contributed by atoms with Gasteiger partial charge in [0.2, 0.25) is 6.29 Å². The Hall–Kier alpha value is -0.410. The molecule has 1 saturated heterocycles. The van der Waals surface area contributed by atoms with Crippen LogP contribution in [0, 0.1) is 0 Å². The molecule has 1 heterocycles. The molecule has 3 nitrogen and oxygen atoms in total. The van der Waals surface area contributed by atoms with E-state index in [2.05, 4.69) is 23.9 Å². The lowest BCUT2D eigenvalue weighted by atomic mass is 10.2. The van der Waals surface area contributed by atoms with Crippen molar-refractivity contribution in [2.24, 2.45) is 0 Å². The Labute approximate surface area is 68.0 Å². The van der Waals surface area contributed by atoms with Crippen molar-refractivity contribution in [2.45, 2.75) is 12.5 Å². The summed E-state index contributed by atoms with van der Waals surface area (Å²) in [5.74, 6) is 0. The molecule has 1 aliphatic heterocycles. The lowest BCUT2D eigenvalue weighted by molar-refractivity contribution is 0.281. The fraction of sp³-hybridized carbons (Fsp3) is 0.875. The van der Waals surface area contributed by atoms with Crippen molar-refractivity contribution in [3.8, 4) is 0 Å². The van der Waals surface area contributed by atoms with E-state index in [1.807, 2.05) is 6.29 Å². The second-order valence-electron chi connectivity index (χ2n) is 3.29. The van der Waals surface area contributed by atoms with Gasteiger partial charge in [-0.3, -0.25) is 9.69 Å². The minimum atomic E-state index is 0.477. The highest BCUT2D eigenvalue weighted by Gasteiger charge is 2.22. The first-order valence-corrected chi connectivity index (χ1v) is 3.98. The average molecular weight is 155 g/mol. The topological polar surface area (TPSA) is 23.6 Å². The first kappa shape index (κ1) is 8.68. The van der Waals surface area contributed by atoms with Crippen molar-refractivity contribution in [3.05, 3.63) is 0 Å². The number of carbonyl (C=O) groups excluding carboxylic acids is 1. The maximum absolute atomic E-state index is 10.1. The van der Waals surface area contributed by atoms with E-state index in [1.54, 1.807) is 0 Å². The zero-order chi connectivity index (χ0) is 8.27. The van der Waals surface area contributed by atoms with E-state index < -0.39 is 0 Å². The molecule has 1 unspecified atom stereocenters. The summed E-state index contributed by atoms with van der Waals surface area (Å²) in [4.78, 5) is 14.4. The van der Waals surface area contributed by atoms with E-state index in [1.165, 1.54) is 6.42 Å². The van der Waals surface area contributed by atoms with Crippen molar-refractivity contribution in [1.29, 1.82) is 0 Å². The monoisotopic (exact) mass is 155 g/mol. The summed E-state index contributed by atoms with van der Waals surface area (Å²) in [6.45, 7) is 2.53. The highest BCUT2D eigenvalue weighted by atomic mass is 16.1. The zero-order valence-corrected chi connectivity index (χ0v) is 7.21. The van der Waals surface area contributed by atoms with Crippen molar-refractivity contribution >= 4 is 6.29 Å². The molecule has 0 aliphatic carbocycles. The number of hydrogen-bond donors (Lipinski definition) is 0. The maximum Gasteiger partial charge on any atom is 0.213 e. The number of rotatable bonds is 3. The van der Waals surface area contributed by atoms with E-state index in [0.717, 1.165) is 13.1 Å². The number of hydrogen-bond acceptors (Lipinski definition) is 3. The molecular weight excluding hydrogens is 140 g/mol. The standard InChI is InChI=1S/C8H15N2O/c1-9(2)8-3-4-10(7-8)5-6-11/h8H,3-5,7H2,1-2H3. The molecule has 0 aromatic heterocycles. The smallest absolute Gasteiger partial charge is 0.213 e. The molecule has 1 radical (unpaired) electrons. The van der Waals surface area contributed by atoms with Gasteiger partial charge in [0.05, 0.1) is 6.54 Å². The van der Waals surface area contributed by atoms with Crippen LogP contribution in [0.2, 0.25) is 0 Å². The lowest BCUT2D eigenvalue weighted by Gasteiger charge is -2.18. The third-order valence-corrected chi connectivity index (χ3v) is 2.27. The number of likely N-dealkylation sites (N-methyl/N-ethyl adjacent to an activating group) is 1. The first-order valence-electron chi connectivity index (χ1n) is 3.98. The van der Waals surface area contributed by atoms with E-state index in [0.29, 0.717) is 12.6 Å². The van der Waals surface area contributed by atoms with Crippen LogP contribution >= 0.6 is 0 Å². The Morgan fingerprint density at radius 1 is 1.64 bits per heavy atom. The van der Waals surface area contributed by atoms with Gasteiger partial charge in [0.25, 0.3) is 0 Å². The van der Waals surface area contributed by atoms with Gasteiger partial charge in [0.1, 0.15) is 0 Å². The molecule has 0 spiro atoms. The minimum Gasteiger partial charge on any atom is -0.305 e. The van der Waals surface area contributed by atoms with Gasteiger partial charge in [0.15, 0.2) is 0 Å². The van der Waals surface area contributed by atoms with Gasteiger partial charge in [-0.25, -0.2) is 0 Å². The van der Waals surface area contributed by atoms with Crippen molar-refractivity contribution < 1.29 is 4.79 Å². The molecule has 11 heavy (non-hydrogen) atoms. The lowest BCUT2D eigenvalue weighted by Crippen LogP contribution is -2.32. The molecule has 1 fully saturated rings. The SMILES string of the molecule is CN(C)C1CCN(C[C]=O)C1. The van der Waals surface area contributed by atoms with E-state index in [-0.39, 0.29) is 0 Å². The number of likely N-dealkylation sites (tertiary alicyclic amines) is 1. The number of nitrogens with zero attached hydrogens (tertiary/aromatic N) is 2. The molecule has 0 aromatic rings. The molecule has 63 valence electrons. The maximum atomic E-state index is 10.1. The fourth-order valence-electron chi connectivity index (χ4n) is 1.47. The van der Waals surface area contributed by atoms with Crippen molar-refractivity contribution in [2.75, 3.05) is 33.7 Å². The van der Waals surface area contributed by atoms with Crippen LogP contribution in [0.5, 0.6) is 0 Å². The van der Waals surface area contributed by atoms with Crippen LogP contribution in [0.25, 0.3) is 0 Å². The molecule has 0 N–H and O–H groups in total. The molecule has 1 atom stereocenters. The Morgan fingerprint density at radius 2 is 2.36 bits per heavy atom. The summed E-state index contributed by atoms with van der Waals surface area (Å²) in [7, 11) is 4.16. The summed E-state index contributed by atoms with van der Waals surface area (Å²) in [5, 5.41) is 0. The predicted octanol–water partition coefficient (Wildman–Crippen LogP) is -0.268. The molecule has 0 amide bonds. The van der Waals surface area contributed by atoms with E-state index in [4.69, 9.17) is 0 Å². The summed E-state index contributed by atoms with van der Waals surface area (Å²) >= 11 is 0. The van der Waals surface area contributed by atoms with Gasteiger partial charge in [-0.05, 0) is 20.5 Å². The van der Waals surface area contributed by atoms with Crippen molar-refractivity contribution in [3.63, 3.8) is 0 Å². The molecule has 0 saturated carbocycles. The van der Waals surface area contributed by atoms with E-state index >= 15 is 0 Å². The largest absolute Gasteiger partial charge is 0.305 e.